The number of anilines is 1. The van der Waals surface area contributed by atoms with E-state index >= 15 is 0 Å². The summed E-state index contributed by atoms with van der Waals surface area (Å²) in [7, 11) is 0. The SMILES string of the molecule is Cc1nc(N)cc(C(C)CN)n1. The van der Waals surface area contributed by atoms with Crippen molar-refractivity contribution in [3.63, 3.8) is 0 Å². The lowest BCUT2D eigenvalue weighted by Gasteiger charge is -2.08. The van der Waals surface area contributed by atoms with E-state index in [0.717, 1.165) is 5.69 Å². The van der Waals surface area contributed by atoms with Crippen LogP contribution in [0.4, 0.5) is 5.82 Å². The number of hydrogen-bond acceptors (Lipinski definition) is 4. The van der Waals surface area contributed by atoms with Crippen LogP contribution in [0.15, 0.2) is 6.07 Å². The van der Waals surface area contributed by atoms with E-state index in [0.29, 0.717) is 18.2 Å². The zero-order valence-electron chi connectivity index (χ0n) is 7.41. The van der Waals surface area contributed by atoms with Gasteiger partial charge < -0.3 is 11.5 Å². The molecule has 4 nitrogen and oxygen atoms in total. The molecule has 1 aromatic rings. The first-order valence-electron chi connectivity index (χ1n) is 3.94. The lowest BCUT2D eigenvalue weighted by molar-refractivity contribution is 0.735. The van der Waals surface area contributed by atoms with Crippen molar-refractivity contribution in [1.82, 2.24) is 9.97 Å². The van der Waals surface area contributed by atoms with Crippen LogP contribution in [0.25, 0.3) is 0 Å². The van der Waals surface area contributed by atoms with E-state index in [-0.39, 0.29) is 5.92 Å². The third-order valence-corrected chi connectivity index (χ3v) is 1.74. The summed E-state index contributed by atoms with van der Waals surface area (Å²) in [6.07, 6.45) is 0. The summed E-state index contributed by atoms with van der Waals surface area (Å²) in [6.45, 7) is 4.42. The molecule has 0 spiro atoms. The van der Waals surface area contributed by atoms with Crippen LogP contribution in [0.2, 0.25) is 0 Å². The number of nitrogens with zero attached hydrogens (tertiary/aromatic N) is 2. The van der Waals surface area contributed by atoms with Gasteiger partial charge in [0, 0.05) is 18.5 Å². The second kappa shape index (κ2) is 3.49. The van der Waals surface area contributed by atoms with Crippen LogP contribution in [0.3, 0.4) is 0 Å². The molecule has 0 saturated heterocycles. The maximum absolute atomic E-state index is 5.56. The second-order valence-electron chi connectivity index (χ2n) is 2.90. The molecule has 0 fully saturated rings. The highest BCUT2D eigenvalue weighted by Gasteiger charge is 2.06. The maximum Gasteiger partial charge on any atom is 0.127 e. The van der Waals surface area contributed by atoms with Gasteiger partial charge in [-0.25, -0.2) is 9.97 Å². The van der Waals surface area contributed by atoms with E-state index in [9.17, 15) is 0 Å². The van der Waals surface area contributed by atoms with Gasteiger partial charge in [-0.05, 0) is 6.92 Å². The molecule has 4 heteroatoms. The van der Waals surface area contributed by atoms with Crippen molar-refractivity contribution >= 4 is 5.82 Å². The first-order valence-corrected chi connectivity index (χ1v) is 3.94. The van der Waals surface area contributed by atoms with Gasteiger partial charge in [0.05, 0.1) is 5.69 Å². The van der Waals surface area contributed by atoms with Gasteiger partial charge in [0.2, 0.25) is 0 Å². The van der Waals surface area contributed by atoms with Crippen molar-refractivity contribution in [2.24, 2.45) is 5.73 Å². The number of aromatic nitrogens is 2. The number of nitrogens with two attached hydrogens (primary N) is 2. The zero-order valence-corrected chi connectivity index (χ0v) is 7.41. The van der Waals surface area contributed by atoms with Crippen LogP contribution < -0.4 is 11.5 Å². The lowest BCUT2D eigenvalue weighted by atomic mass is 10.1. The molecule has 0 aliphatic heterocycles. The predicted octanol–water partition coefficient (Wildman–Crippen LogP) is 0.429. The molecule has 1 atom stereocenters. The molecule has 4 N–H and O–H groups in total. The molecule has 0 bridgehead atoms. The third-order valence-electron chi connectivity index (χ3n) is 1.74. The minimum absolute atomic E-state index is 0.244. The van der Waals surface area contributed by atoms with Gasteiger partial charge in [0.15, 0.2) is 0 Å². The summed E-state index contributed by atoms with van der Waals surface area (Å²) in [5.41, 5.74) is 12.0. The molecule has 1 unspecified atom stereocenters. The first-order chi connectivity index (χ1) is 5.63. The number of aryl methyl sites for hydroxylation is 1. The van der Waals surface area contributed by atoms with Crippen LogP contribution >= 0.6 is 0 Å². The van der Waals surface area contributed by atoms with Crippen molar-refractivity contribution in [1.29, 1.82) is 0 Å². The number of nitrogen functional groups attached to an aromatic ring is 1. The summed E-state index contributed by atoms with van der Waals surface area (Å²) in [6, 6.07) is 1.77. The predicted molar refractivity (Wildman–Crippen MR) is 48.7 cm³/mol. The molecule has 0 aliphatic carbocycles. The highest BCUT2D eigenvalue weighted by atomic mass is 14.9. The Kier molecular flexibility index (Phi) is 2.60. The van der Waals surface area contributed by atoms with Crippen molar-refractivity contribution < 1.29 is 0 Å². The normalized spacial score (nSPS) is 12.9. The molecular formula is C8H14N4. The Labute approximate surface area is 72.0 Å². The van der Waals surface area contributed by atoms with Gasteiger partial charge in [-0.15, -0.1) is 0 Å². The molecule has 1 heterocycles. The fraction of sp³-hybridized carbons (Fsp3) is 0.500. The van der Waals surface area contributed by atoms with Crippen LogP contribution in [-0.2, 0) is 0 Å². The first kappa shape index (κ1) is 8.93. The van der Waals surface area contributed by atoms with Crippen LogP contribution in [-0.4, -0.2) is 16.5 Å². The fourth-order valence-corrected chi connectivity index (χ4v) is 0.988. The van der Waals surface area contributed by atoms with Gasteiger partial charge in [0.25, 0.3) is 0 Å². The highest BCUT2D eigenvalue weighted by molar-refractivity contribution is 5.31. The van der Waals surface area contributed by atoms with Gasteiger partial charge in [0.1, 0.15) is 11.6 Å². The van der Waals surface area contributed by atoms with Crippen molar-refractivity contribution in [3.8, 4) is 0 Å². The average molecular weight is 166 g/mol. The van der Waals surface area contributed by atoms with Crippen molar-refractivity contribution in [2.75, 3.05) is 12.3 Å². The van der Waals surface area contributed by atoms with E-state index < -0.39 is 0 Å². The van der Waals surface area contributed by atoms with E-state index in [1.807, 2.05) is 13.8 Å². The van der Waals surface area contributed by atoms with Crippen molar-refractivity contribution in [2.45, 2.75) is 19.8 Å². The van der Waals surface area contributed by atoms with Gasteiger partial charge in [-0.3, -0.25) is 0 Å². The van der Waals surface area contributed by atoms with Crippen LogP contribution in [0.1, 0.15) is 24.4 Å². The standard InChI is InChI=1S/C8H14N4/c1-5(4-9)7-3-8(10)12-6(2)11-7/h3,5H,4,9H2,1-2H3,(H2,10,11,12). The van der Waals surface area contributed by atoms with E-state index in [2.05, 4.69) is 9.97 Å². The summed E-state index contributed by atoms with van der Waals surface area (Å²) in [5.74, 6) is 1.46. The Bertz CT molecular complexity index is 252. The minimum Gasteiger partial charge on any atom is -0.384 e. The van der Waals surface area contributed by atoms with Gasteiger partial charge >= 0.3 is 0 Å². The molecular weight excluding hydrogens is 152 g/mol. The molecule has 66 valence electrons. The second-order valence-corrected chi connectivity index (χ2v) is 2.90. The third kappa shape index (κ3) is 1.92. The largest absolute Gasteiger partial charge is 0.384 e. The Morgan fingerprint density at radius 2 is 2.17 bits per heavy atom. The Morgan fingerprint density at radius 1 is 1.50 bits per heavy atom. The monoisotopic (exact) mass is 166 g/mol. The maximum atomic E-state index is 5.56. The summed E-state index contributed by atoms with van der Waals surface area (Å²) in [4.78, 5) is 8.21. The smallest absolute Gasteiger partial charge is 0.127 e. The van der Waals surface area contributed by atoms with E-state index in [4.69, 9.17) is 11.5 Å². The molecule has 0 radical (unpaired) electrons. The Balaban J connectivity index is 3.00. The van der Waals surface area contributed by atoms with Crippen molar-refractivity contribution in [3.05, 3.63) is 17.6 Å². The van der Waals surface area contributed by atoms with Gasteiger partial charge in [-0.2, -0.15) is 0 Å². The zero-order chi connectivity index (χ0) is 9.14. The summed E-state index contributed by atoms with van der Waals surface area (Å²) in [5, 5.41) is 0. The quantitative estimate of drug-likeness (QED) is 0.667. The van der Waals surface area contributed by atoms with Crippen LogP contribution in [0, 0.1) is 6.92 Å². The molecule has 12 heavy (non-hydrogen) atoms. The molecule has 0 saturated carbocycles. The van der Waals surface area contributed by atoms with E-state index in [1.165, 1.54) is 0 Å². The lowest BCUT2D eigenvalue weighted by Crippen LogP contribution is -2.12. The molecule has 0 amide bonds. The fourth-order valence-electron chi connectivity index (χ4n) is 0.988. The Hall–Kier alpha value is -1.16. The van der Waals surface area contributed by atoms with Gasteiger partial charge in [-0.1, -0.05) is 6.92 Å². The topological polar surface area (TPSA) is 77.8 Å². The molecule has 0 aliphatic rings. The molecule has 1 rings (SSSR count). The number of rotatable bonds is 2. The summed E-state index contributed by atoms with van der Waals surface area (Å²) < 4.78 is 0. The minimum atomic E-state index is 0.244. The molecule has 0 aromatic carbocycles. The average Bonchev–Trinajstić information content (AvgIpc) is 2.01. The van der Waals surface area contributed by atoms with E-state index in [1.54, 1.807) is 6.07 Å². The summed E-state index contributed by atoms with van der Waals surface area (Å²) >= 11 is 0. The van der Waals surface area contributed by atoms with Crippen LogP contribution in [0.5, 0.6) is 0 Å². The molecule has 1 aromatic heterocycles. The number of hydrogen-bond donors (Lipinski definition) is 2. The highest BCUT2D eigenvalue weighted by Crippen LogP contribution is 2.12. The Morgan fingerprint density at radius 3 is 2.67 bits per heavy atom.